The number of aliphatic hydroxyl groups is 1. The fourth-order valence-electron chi connectivity index (χ4n) is 1.63. The second-order valence-corrected chi connectivity index (χ2v) is 5.57. The number of hydrogen-bond donors (Lipinski definition) is 3. The summed E-state index contributed by atoms with van der Waals surface area (Å²) in [6.45, 7) is 12.0. The summed E-state index contributed by atoms with van der Waals surface area (Å²) < 4.78 is 4.46. The molecule has 0 fully saturated rings. The first-order valence-electron chi connectivity index (χ1n) is 8.55. The average molecular weight is 398 g/mol. The molecule has 6 heteroatoms. The molecule has 0 aromatic heterocycles. The molecule has 0 radical (unpaired) electrons. The lowest BCUT2D eigenvalue weighted by molar-refractivity contribution is -0.139. The number of esters is 1. The quantitative estimate of drug-likeness (QED) is 0.499. The van der Waals surface area contributed by atoms with Crippen LogP contribution >= 0.6 is 0 Å². The van der Waals surface area contributed by atoms with E-state index in [0.717, 1.165) is 11.1 Å². The van der Waals surface area contributed by atoms with Crippen LogP contribution < -0.4 is 0 Å². The minimum Gasteiger partial charge on any atom is -0.508 e. The standard InChI is InChI=1S/C9H8O2.C8H8O.C6H10O3/c1-2-7-3-5-8(6-4-7)9(10)11;1-2-7-3-5-8(9)6-4-7;1-5(2)6(8)9-4-3-7/h2-6H,1H2,(H,10,11);2-6,9H,1H2;7H,1,3-4H2,2H3. The highest BCUT2D eigenvalue weighted by Gasteiger charge is 2.00. The van der Waals surface area contributed by atoms with E-state index in [4.69, 9.17) is 15.3 Å². The van der Waals surface area contributed by atoms with E-state index in [1.54, 1.807) is 55.5 Å². The zero-order chi connectivity index (χ0) is 22.2. The van der Waals surface area contributed by atoms with Gasteiger partial charge in [-0.15, -0.1) is 0 Å². The summed E-state index contributed by atoms with van der Waals surface area (Å²) >= 11 is 0. The Hall–Kier alpha value is -3.64. The molecule has 0 saturated heterocycles. The van der Waals surface area contributed by atoms with Crippen molar-refractivity contribution in [1.29, 1.82) is 0 Å². The van der Waals surface area contributed by atoms with E-state index in [-0.39, 0.29) is 13.2 Å². The first kappa shape index (κ1) is 25.4. The van der Waals surface area contributed by atoms with Crippen LogP contribution in [-0.2, 0) is 9.53 Å². The Morgan fingerprint density at radius 3 is 1.76 bits per heavy atom. The smallest absolute Gasteiger partial charge is 0.335 e. The van der Waals surface area contributed by atoms with Crippen molar-refractivity contribution in [3.63, 3.8) is 0 Å². The molecule has 0 bridgehead atoms. The lowest BCUT2D eigenvalue weighted by atomic mass is 10.1. The van der Waals surface area contributed by atoms with Gasteiger partial charge in [-0.1, -0.05) is 56.2 Å². The topological polar surface area (TPSA) is 104 Å². The molecule has 154 valence electrons. The van der Waals surface area contributed by atoms with E-state index in [1.165, 1.54) is 0 Å². The Morgan fingerprint density at radius 2 is 1.41 bits per heavy atom. The highest BCUT2D eigenvalue weighted by Crippen LogP contribution is 2.09. The zero-order valence-electron chi connectivity index (χ0n) is 16.4. The fourth-order valence-corrected chi connectivity index (χ4v) is 1.63. The van der Waals surface area contributed by atoms with Gasteiger partial charge in [-0.25, -0.2) is 9.59 Å². The maximum Gasteiger partial charge on any atom is 0.335 e. The minimum atomic E-state index is -0.902. The summed E-state index contributed by atoms with van der Waals surface area (Å²) in [5.41, 5.74) is 2.60. The Morgan fingerprint density at radius 1 is 0.966 bits per heavy atom. The van der Waals surface area contributed by atoms with Crippen LogP contribution in [0.1, 0.15) is 28.4 Å². The molecule has 6 nitrogen and oxygen atoms in total. The summed E-state index contributed by atoms with van der Waals surface area (Å²) in [5.74, 6) is -1.06. The lowest BCUT2D eigenvalue weighted by Crippen LogP contribution is -2.08. The molecule has 0 heterocycles. The van der Waals surface area contributed by atoms with Gasteiger partial charge in [0.05, 0.1) is 12.2 Å². The maximum absolute atomic E-state index is 10.5. The maximum atomic E-state index is 10.5. The number of hydrogen-bond acceptors (Lipinski definition) is 5. The summed E-state index contributed by atoms with van der Waals surface area (Å²) in [6, 6.07) is 13.4. The van der Waals surface area contributed by atoms with Gasteiger partial charge in [0.2, 0.25) is 0 Å². The van der Waals surface area contributed by atoms with Crippen LogP contribution in [0.15, 0.2) is 73.8 Å². The number of aromatic hydroxyl groups is 1. The zero-order valence-corrected chi connectivity index (χ0v) is 16.4. The summed E-state index contributed by atoms with van der Waals surface area (Å²) in [7, 11) is 0. The molecular formula is C23H26O6. The van der Waals surface area contributed by atoms with Crippen LogP contribution in [0, 0.1) is 0 Å². The molecule has 2 aromatic carbocycles. The Balaban J connectivity index is 0.000000409. The van der Waals surface area contributed by atoms with Gasteiger partial charge >= 0.3 is 11.9 Å². The monoisotopic (exact) mass is 398 g/mol. The average Bonchev–Trinajstić information content (AvgIpc) is 2.73. The molecule has 0 spiro atoms. The Labute approximate surface area is 170 Å². The van der Waals surface area contributed by atoms with Crippen molar-refractivity contribution in [1.82, 2.24) is 0 Å². The predicted octanol–water partition coefficient (Wildman–Crippen LogP) is 4.16. The third-order valence-corrected chi connectivity index (χ3v) is 3.20. The highest BCUT2D eigenvalue weighted by molar-refractivity contribution is 5.87. The van der Waals surface area contributed by atoms with Crippen LogP contribution in [0.5, 0.6) is 5.75 Å². The minimum absolute atomic E-state index is 0.0473. The van der Waals surface area contributed by atoms with Crippen molar-refractivity contribution < 1.29 is 29.6 Å². The van der Waals surface area contributed by atoms with Crippen LogP contribution in [-0.4, -0.2) is 40.5 Å². The van der Waals surface area contributed by atoms with Gasteiger partial charge in [0.15, 0.2) is 0 Å². The second-order valence-electron chi connectivity index (χ2n) is 5.57. The Bertz CT molecular complexity index is 804. The van der Waals surface area contributed by atoms with E-state index in [2.05, 4.69) is 24.5 Å². The molecule has 0 unspecified atom stereocenters. The lowest BCUT2D eigenvalue weighted by Gasteiger charge is -1.99. The van der Waals surface area contributed by atoms with E-state index >= 15 is 0 Å². The fraction of sp³-hybridized carbons (Fsp3) is 0.130. The van der Waals surface area contributed by atoms with Crippen molar-refractivity contribution >= 4 is 24.1 Å². The van der Waals surface area contributed by atoms with Crippen LogP contribution in [0.3, 0.4) is 0 Å². The SMILES string of the molecule is C=C(C)C(=O)OCCO.C=Cc1ccc(C(=O)O)cc1.C=Cc1ccc(O)cc1. The van der Waals surface area contributed by atoms with Crippen LogP contribution in [0.25, 0.3) is 12.2 Å². The number of carboxylic acid groups (broad SMARTS) is 1. The third kappa shape index (κ3) is 11.6. The van der Waals surface area contributed by atoms with E-state index in [9.17, 15) is 9.59 Å². The van der Waals surface area contributed by atoms with Gasteiger partial charge in [0.1, 0.15) is 12.4 Å². The first-order valence-corrected chi connectivity index (χ1v) is 8.55. The van der Waals surface area contributed by atoms with Gasteiger partial charge in [-0.05, 0) is 42.3 Å². The number of phenols is 1. The molecule has 29 heavy (non-hydrogen) atoms. The van der Waals surface area contributed by atoms with E-state index in [1.807, 2.05) is 12.1 Å². The van der Waals surface area contributed by atoms with Crippen molar-refractivity contribution in [3.8, 4) is 5.75 Å². The molecule has 0 aliphatic carbocycles. The molecular weight excluding hydrogens is 372 g/mol. The Kier molecular flexibility index (Phi) is 12.6. The first-order chi connectivity index (χ1) is 13.7. The second kappa shape index (κ2) is 14.4. The number of aliphatic hydroxyl groups excluding tert-OH is 1. The number of rotatable bonds is 6. The van der Waals surface area contributed by atoms with Crippen molar-refractivity contribution in [3.05, 3.63) is 90.5 Å². The molecule has 0 amide bonds. The number of phenolic OH excluding ortho intramolecular Hbond substituents is 1. The predicted molar refractivity (Wildman–Crippen MR) is 115 cm³/mol. The van der Waals surface area contributed by atoms with Crippen molar-refractivity contribution in [2.75, 3.05) is 13.2 Å². The largest absolute Gasteiger partial charge is 0.508 e. The van der Waals surface area contributed by atoms with Crippen LogP contribution in [0.4, 0.5) is 0 Å². The number of aromatic carboxylic acids is 1. The van der Waals surface area contributed by atoms with E-state index in [0.29, 0.717) is 16.9 Å². The van der Waals surface area contributed by atoms with Gasteiger partial charge in [0.25, 0.3) is 0 Å². The third-order valence-electron chi connectivity index (χ3n) is 3.20. The van der Waals surface area contributed by atoms with Crippen LogP contribution in [0.2, 0.25) is 0 Å². The van der Waals surface area contributed by atoms with Gasteiger partial charge in [-0.3, -0.25) is 0 Å². The number of ether oxygens (including phenoxy) is 1. The number of carboxylic acids is 1. The van der Waals surface area contributed by atoms with Gasteiger partial charge < -0.3 is 20.1 Å². The van der Waals surface area contributed by atoms with Gasteiger partial charge in [0, 0.05) is 5.57 Å². The molecule has 3 N–H and O–H groups in total. The van der Waals surface area contributed by atoms with Crippen molar-refractivity contribution in [2.24, 2.45) is 0 Å². The normalized spacial score (nSPS) is 8.90. The summed E-state index contributed by atoms with van der Waals surface area (Å²) in [5, 5.41) is 25.5. The molecule has 2 aromatic rings. The van der Waals surface area contributed by atoms with E-state index < -0.39 is 11.9 Å². The van der Waals surface area contributed by atoms with Gasteiger partial charge in [-0.2, -0.15) is 0 Å². The molecule has 0 saturated carbocycles. The number of benzene rings is 2. The highest BCUT2D eigenvalue weighted by atomic mass is 16.5. The van der Waals surface area contributed by atoms with Crippen molar-refractivity contribution in [2.45, 2.75) is 6.92 Å². The number of carbonyl (C=O) groups excluding carboxylic acids is 1. The molecule has 0 aliphatic heterocycles. The molecule has 2 rings (SSSR count). The summed E-state index contributed by atoms with van der Waals surface area (Å²) in [4.78, 5) is 20.8. The molecule has 0 atom stereocenters. The summed E-state index contributed by atoms with van der Waals surface area (Å²) in [6.07, 6.45) is 3.41. The number of carbonyl (C=O) groups is 2. The molecule has 0 aliphatic rings.